The highest BCUT2D eigenvalue weighted by Crippen LogP contribution is 2.31. The Kier molecular flexibility index (Phi) is 5.80. The van der Waals surface area contributed by atoms with E-state index in [0.29, 0.717) is 5.69 Å². The Hall–Kier alpha value is -1.82. The summed E-state index contributed by atoms with van der Waals surface area (Å²) in [6.07, 6.45) is 4.95. The second-order valence-electron chi connectivity index (χ2n) is 4.79. The van der Waals surface area contributed by atoms with Crippen LogP contribution in [0, 0.1) is 0 Å². The molecule has 5 nitrogen and oxygen atoms in total. The third kappa shape index (κ3) is 4.07. The summed E-state index contributed by atoms with van der Waals surface area (Å²) in [6, 6.07) is 7.90. The van der Waals surface area contributed by atoms with Crippen molar-refractivity contribution >= 4 is 17.7 Å². The lowest BCUT2D eigenvalue weighted by Crippen LogP contribution is -2.12. The molecule has 0 spiro atoms. The predicted molar refractivity (Wildman–Crippen MR) is 85.2 cm³/mol. The van der Waals surface area contributed by atoms with E-state index >= 15 is 0 Å². The first-order chi connectivity index (χ1) is 10.2. The van der Waals surface area contributed by atoms with Gasteiger partial charge in [0.2, 0.25) is 0 Å². The lowest BCUT2D eigenvalue weighted by molar-refractivity contribution is 0.0996. The number of rotatable bonds is 8. The van der Waals surface area contributed by atoms with Gasteiger partial charge >= 0.3 is 0 Å². The summed E-state index contributed by atoms with van der Waals surface area (Å²) in [5, 5.41) is 10.4. The van der Waals surface area contributed by atoms with Gasteiger partial charge in [-0.2, -0.15) is 15.4 Å². The van der Waals surface area contributed by atoms with Gasteiger partial charge in [0.15, 0.2) is 5.69 Å². The lowest BCUT2D eigenvalue weighted by atomic mass is 10.1. The first-order valence-electron chi connectivity index (χ1n) is 7.16. The zero-order valence-electron chi connectivity index (χ0n) is 12.1. The highest BCUT2D eigenvalue weighted by atomic mass is 32.2. The van der Waals surface area contributed by atoms with E-state index in [9.17, 15) is 4.79 Å². The quantitative estimate of drug-likeness (QED) is 0.579. The number of aromatic nitrogens is 3. The molecule has 3 N–H and O–H groups in total. The molecule has 1 heterocycles. The van der Waals surface area contributed by atoms with Crippen LogP contribution in [0.15, 0.2) is 29.2 Å². The zero-order chi connectivity index (χ0) is 15.1. The molecular formula is C15H20N4OS. The van der Waals surface area contributed by atoms with Gasteiger partial charge in [0.1, 0.15) is 5.69 Å². The summed E-state index contributed by atoms with van der Waals surface area (Å²) in [4.78, 5) is 12.5. The van der Waals surface area contributed by atoms with Crippen LogP contribution in [0.5, 0.6) is 0 Å². The molecule has 0 bridgehead atoms. The Morgan fingerprint density at radius 2 is 2.05 bits per heavy atom. The Balaban J connectivity index is 2.13. The van der Waals surface area contributed by atoms with Crippen molar-refractivity contribution in [3.8, 4) is 11.3 Å². The number of nitrogens with one attached hydrogen (secondary N) is 1. The molecule has 112 valence electrons. The maximum atomic E-state index is 11.4. The monoisotopic (exact) mass is 304 g/mol. The number of carbonyl (C=O) groups excluding carboxylic acids is 1. The molecule has 1 aromatic carbocycles. The molecule has 0 aliphatic rings. The molecule has 6 heteroatoms. The van der Waals surface area contributed by atoms with Crippen LogP contribution in [0.2, 0.25) is 0 Å². The number of primary amides is 1. The molecule has 1 aromatic heterocycles. The first kappa shape index (κ1) is 15.6. The van der Waals surface area contributed by atoms with Crippen molar-refractivity contribution in [1.29, 1.82) is 0 Å². The number of nitrogens with zero attached hydrogens (tertiary/aromatic N) is 2. The van der Waals surface area contributed by atoms with Crippen LogP contribution in [0.4, 0.5) is 0 Å². The van der Waals surface area contributed by atoms with Crippen LogP contribution >= 0.6 is 11.8 Å². The van der Waals surface area contributed by atoms with Crippen molar-refractivity contribution in [2.75, 3.05) is 5.75 Å². The minimum Gasteiger partial charge on any atom is -0.364 e. The Labute approximate surface area is 128 Å². The van der Waals surface area contributed by atoms with E-state index in [4.69, 9.17) is 5.73 Å². The molecule has 0 fully saturated rings. The SMILES string of the molecule is CCCCCCSc1ccccc1-c1n[nH]nc1C(N)=O. The van der Waals surface area contributed by atoms with E-state index in [0.717, 1.165) is 16.2 Å². The molecule has 1 amide bonds. The van der Waals surface area contributed by atoms with Crippen LogP contribution in [0.1, 0.15) is 43.1 Å². The maximum absolute atomic E-state index is 11.4. The molecular weight excluding hydrogens is 284 g/mol. The van der Waals surface area contributed by atoms with E-state index in [1.54, 1.807) is 11.8 Å². The van der Waals surface area contributed by atoms with Crippen molar-refractivity contribution in [2.45, 2.75) is 37.5 Å². The Morgan fingerprint density at radius 3 is 2.81 bits per heavy atom. The van der Waals surface area contributed by atoms with Crippen LogP contribution < -0.4 is 5.73 Å². The molecule has 0 atom stereocenters. The van der Waals surface area contributed by atoms with Gasteiger partial charge in [-0.15, -0.1) is 11.8 Å². The number of carbonyl (C=O) groups is 1. The van der Waals surface area contributed by atoms with Crippen molar-refractivity contribution in [2.24, 2.45) is 5.73 Å². The van der Waals surface area contributed by atoms with Crippen molar-refractivity contribution in [3.63, 3.8) is 0 Å². The second-order valence-corrected chi connectivity index (χ2v) is 5.93. The summed E-state index contributed by atoms with van der Waals surface area (Å²) >= 11 is 1.78. The van der Waals surface area contributed by atoms with E-state index in [1.807, 2.05) is 24.3 Å². The average Bonchev–Trinajstić information content (AvgIpc) is 2.97. The lowest BCUT2D eigenvalue weighted by Gasteiger charge is -2.07. The normalized spacial score (nSPS) is 10.7. The largest absolute Gasteiger partial charge is 0.364 e. The molecule has 0 aliphatic heterocycles. The summed E-state index contributed by atoms with van der Waals surface area (Å²) in [5.41, 5.74) is 6.95. The molecule has 2 aromatic rings. The predicted octanol–water partition coefficient (Wildman–Crippen LogP) is 3.24. The summed E-state index contributed by atoms with van der Waals surface area (Å²) < 4.78 is 0. The average molecular weight is 304 g/mol. The van der Waals surface area contributed by atoms with Gasteiger partial charge in [0.05, 0.1) is 0 Å². The van der Waals surface area contributed by atoms with Crippen LogP contribution in [0.25, 0.3) is 11.3 Å². The van der Waals surface area contributed by atoms with Crippen LogP contribution in [-0.4, -0.2) is 27.1 Å². The Bertz CT molecular complexity index is 597. The van der Waals surface area contributed by atoms with Crippen molar-refractivity contribution in [1.82, 2.24) is 15.4 Å². The van der Waals surface area contributed by atoms with Gasteiger partial charge < -0.3 is 5.73 Å². The number of aromatic amines is 1. The van der Waals surface area contributed by atoms with Gasteiger partial charge in [-0.05, 0) is 18.2 Å². The highest BCUT2D eigenvalue weighted by Gasteiger charge is 2.17. The first-order valence-corrected chi connectivity index (χ1v) is 8.15. The maximum Gasteiger partial charge on any atom is 0.271 e. The molecule has 2 rings (SSSR count). The zero-order valence-corrected chi connectivity index (χ0v) is 12.9. The van der Waals surface area contributed by atoms with Crippen molar-refractivity contribution < 1.29 is 4.79 Å². The molecule has 21 heavy (non-hydrogen) atoms. The van der Waals surface area contributed by atoms with E-state index in [-0.39, 0.29) is 5.69 Å². The number of unbranched alkanes of at least 4 members (excludes halogenated alkanes) is 3. The molecule has 0 saturated carbocycles. The third-order valence-electron chi connectivity index (χ3n) is 3.18. The smallest absolute Gasteiger partial charge is 0.271 e. The fourth-order valence-electron chi connectivity index (χ4n) is 2.09. The molecule has 0 aliphatic carbocycles. The topological polar surface area (TPSA) is 84.7 Å². The summed E-state index contributed by atoms with van der Waals surface area (Å²) in [7, 11) is 0. The van der Waals surface area contributed by atoms with Gasteiger partial charge in [0.25, 0.3) is 5.91 Å². The number of H-pyrrole nitrogens is 1. The minimum atomic E-state index is -0.568. The second kappa shape index (κ2) is 7.83. The van der Waals surface area contributed by atoms with Crippen molar-refractivity contribution in [3.05, 3.63) is 30.0 Å². The van der Waals surface area contributed by atoms with E-state index in [2.05, 4.69) is 22.3 Å². The van der Waals surface area contributed by atoms with Gasteiger partial charge in [-0.25, -0.2) is 0 Å². The fraction of sp³-hybridized carbons (Fsp3) is 0.400. The van der Waals surface area contributed by atoms with Crippen LogP contribution in [0.3, 0.4) is 0 Å². The number of nitrogens with two attached hydrogens (primary N) is 1. The summed E-state index contributed by atoms with van der Waals surface area (Å²) in [6.45, 7) is 2.21. The third-order valence-corrected chi connectivity index (χ3v) is 4.34. The molecule has 0 unspecified atom stereocenters. The highest BCUT2D eigenvalue weighted by molar-refractivity contribution is 7.99. The molecule has 0 saturated heterocycles. The van der Waals surface area contributed by atoms with Gasteiger partial charge in [-0.1, -0.05) is 44.4 Å². The number of amides is 1. The van der Waals surface area contributed by atoms with E-state index < -0.39 is 5.91 Å². The summed E-state index contributed by atoms with van der Waals surface area (Å²) in [5.74, 6) is 0.488. The van der Waals surface area contributed by atoms with Gasteiger partial charge in [-0.3, -0.25) is 4.79 Å². The Morgan fingerprint density at radius 1 is 1.24 bits per heavy atom. The number of thioether (sulfide) groups is 1. The minimum absolute atomic E-state index is 0.189. The number of hydrogen-bond donors (Lipinski definition) is 2. The molecule has 0 radical (unpaired) electrons. The van der Waals surface area contributed by atoms with Crippen LogP contribution in [-0.2, 0) is 0 Å². The number of hydrogen-bond acceptors (Lipinski definition) is 4. The standard InChI is InChI=1S/C15H20N4OS/c1-2-3-4-7-10-21-12-9-6-5-8-11(12)13-14(15(16)20)18-19-17-13/h5-6,8-9H,2-4,7,10H2,1H3,(H2,16,20)(H,17,18,19). The fourth-order valence-corrected chi connectivity index (χ4v) is 3.15. The number of benzene rings is 1. The van der Waals surface area contributed by atoms with E-state index in [1.165, 1.54) is 25.7 Å². The van der Waals surface area contributed by atoms with Gasteiger partial charge in [0, 0.05) is 10.5 Å².